The molecule has 1 aliphatic rings. The number of pyridine rings is 1. The van der Waals surface area contributed by atoms with Crippen LogP contribution in [-0.2, 0) is 6.54 Å². The molecule has 0 amide bonds. The van der Waals surface area contributed by atoms with Gasteiger partial charge in [0.1, 0.15) is 5.82 Å². The number of imidazole rings is 1. The van der Waals surface area contributed by atoms with E-state index in [9.17, 15) is 4.79 Å². The van der Waals surface area contributed by atoms with Crippen LogP contribution in [0.25, 0.3) is 16.7 Å². The summed E-state index contributed by atoms with van der Waals surface area (Å²) in [6.45, 7) is 4.47. The standard InChI is InChI=1S/C24H25N7O2/c1-2-33-23-9-5-6-17(26-23)16-25-21-10-11-22(29-28-21)30-14-12-18(13-15-30)31-20-8-4-3-7-19(20)27-24(31)32/h3-12H,2,13-16H2,1H3,(H,25,28)(H,27,32). The number of H-pyrrole nitrogens is 1. The Morgan fingerprint density at radius 1 is 1.09 bits per heavy atom. The first-order valence-electron chi connectivity index (χ1n) is 11.0. The molecule has 3 aromatic heterocycles. The summed E-state index contributed by atoms with van der Waals surface area (Å²) in [7, 11) is 0. The third-order valence-electron chi connectivity index (χ3n) is 5.56. The summed E-state index contributed by atoms with van der Waals surface area (Å²) in [5.74, 6) is 2.10. The molecular weight excluding hydrogens is 418 g/mol. The topological polar surface area (TPSA) is 101 Å². The Kier molecular flexibility index (Phi) is 5.75. The molecule has 9 heteroatoms. The van der Waals surface area contributed by atoms with Crippen LogP contribution in [0.3, 0.4) is 0 Å². The van der Waals surface area contributed by atoms with Crippen molar-refractivity contribution in [3.8, 4) is 5.88 Å². The maximum absolute atomic E-state index is 12.5. The zero-order valence-electron chi connectivity index (χ0n) is 18.4. The number of para-hydroxylation sites is 2. The molecule has 2 N–H and O–H groups in total. The highest BCUT2D eigenvalue weighted by Gasteiger charge is 2.18. The number of aromatic amines is 1. The number of nitrogens with zero attached hydrogens (tertiary/aromatic N) is 5. The van der Waals surface area contributed by atoms with Crippen molar-refractivity contribution < 1.29 is 4.74 Å². The molecule has 0 spiro atoms. The Morgan fingerprint density at radius 2 is 2.00 bits per heavy atom. The largest absolute Gasteiger partial charge is 0.478 e. The minimum Gasteiger partial charge on any atom is -0.478 e. The number of hydrogen-bond acceptors (Lipinski definition) is 7. The first-order chi connectivity index (χ1) is 16.2. The van der Waals surface area contributed by atoms with E-state index in [2.05, 4.69) is 36.5 Å². The maximum atomic E-state index is 12.5. The summed E-state index contributed by atoms with van der Waals surface area (Å²) in [6, 6.07) is 17.3. The van der Waals surface area contributed by atoms with E-state index in [1.165, 1.54) is 0 Å². The van der Waals surface area contributed by atoms with Crippen LogP contribution in [0.2, 0.25) is 0 Å². The van der Waals surface area contributed by atoms with Crippen LogP contribution in [-0.4, -0.2) is 44.4 Å². The summed E-state index contributed by atoms with van der Waals surface area (Å²) in [5.41, 5.74) is 3.51. The average molecular weight is 444 g/mol. The molecule has 0 saturated carbocycles. The molecular formula is C24H25N7O2. The number of benzene rings is 1. The number of fused-ring (bicyclic) bond motifs is 1. The van der Waals surface area contributed by atoms with Gasteiger partial charge in [-0.3, -0.25) is 4.57 Å². The molecule has 168 valence electrons. The monoisotopic (exact) mass is 443 g/mol. The lowest BCUT2D eigenvalue weighted by molar-refractivity contribution is 0.326. The molecule has 1 aromatic carbocycles. The van der Waals surface area contributed by atoms with Crippen molar-refractivity contribution in [2.75, 3.05) is 29.9 Å². The van der Waals surface area contributed by atoms with Gasteiger partial charge in [0.2, 0.25) is 5.88 Å². The highest BCUT2D eigenvalue weighted by molar-refractivity contribution is 5.79. The summed E-state index contributed by atoms with van der Waals surface area (Å²) in [4.78, 5) is 22.0. The maximum Gasteiger partial charge on any atom is 0.330 e. The molecule has 0 fully saturated rings. The van der Waals surface area contributed by atoms with E-state index in [-0.39, 0.29) is 5.69 Å². The first-order valence-corrected chi connectivity index (χ1v) is 11.0. The minimum atomic E-state index is -0.104. The van der Waals surface area contributed by atoms with Crippen molar-refractivity contribution in [2.45, 2.75) is 19.9 Å². The smallest absolute Gasteiger partial charge is 0.330 e. The summed E-state index contributed by atoms with van der Waals surface area (Å²) < 4.78 is 7.21. The Balaban J connectivity index is 1.23. The van der Waals surface area contributed by atoms with Gasteiger partial charge in [-0.2, -0.15) is 0 Å². The lowest BCUT2D eigenvalue weighted by atomic mass is 10.2. The zero-order valence-corrected chi connectivity index (χ0v) is 18.4. The van der Waals surface area contributed by atoms with Crippen molar-refractivity contribution in [2.24, 2.45) is 0 Å². The van der Waals surface area contributed by atoms with Gasteiger partial charge < -0.3 is 19.9 Å². The lowest BCUT2D eigenvalue weighted by Gasteiger charge is -2.27. The molecule has 0 unspecified atom stereocenters. The van der Waals surface area contributed by atoms with Crippen LogP contribution in [0.15, 0.2) is 65.5 Å². The average Bonchev–Trinajstić information content (AvgIpc) is 3.19. The number of rotatable bonds is 7. The van der Waals surface area contributed by atoms with Gasteiger partial charge >= 0.3 is 5.69 Å². The normalized spacial score (nSPS) is 13.7. The van der Waals surface area contributed by atoms with Crippen molar-refractivity contribution >= 4 is 28.4 Å². The molecule has 0 radical (unpaired) electrons. The quantitative estimate of drug-likeness (QED) is 0.452. The molecule has 0 atom stereocenters. The Labute approximate surface area is 190 Å². The number of aromatic nitrogens is 5. The second-order valence-electron chi connectivity index (χ2n) is 7.70. The van der Waals surface area contributed by atoms with E-state index in [0.717, 1.165) is 41.2 Å². The molecule has 0 bridgehead atoms. The van der Waals surface area contributed by atoms with E-state index in [1.807, 2.05) is 61.5 Å². The SMILES string of the molecule is CCOc1cccc(CNc2ccc(N3CC=C(n4c(=O)[nH]c5ccccc54)CC3)nn2)n1. The van der Waals surface area contributed by atoms with E-state index in [1.54, 1.807) is 4.57 Å². The highest BCUT2D eigenvalue weighted by atomic mass is 16.5. The molecule has 4 heterocycles. The molecule has 1 aliphatic heterocycles. The summed E-state index contributed by atoms with van der Waals surface area (Å²) in [5, 5.41) is 11.9. The van der Waals surface area contributed by atoms with Crippen molar-refractivity contribution in [1.82, 2.24) is 24.7 Å². The van der Waals surface area contributed by atoms with Crippen LogP contribution in [0.5, 0.6) is 5.88 Å². The van der Waals surface area contributed by atoms with Gasteiger partial charge in [-0.15, -0.1) is 10.2 Å². The van der Waals surface area contributed by atoms with Gasteiger partial charge in [0, 0.05) is 31.3 Å². The minimum absolute atomic E-state index is 0.104. The predicted octanol–water partition coefficient (Wildman–Crippen LogP) is 3.28. The van der Waals surface area contributed by atoms with Crippen LogP contribution in [0.1, 0.15) is 19.0 Å². The van der Waals surface area contributed by atoms with Crippen molar-refractivity contribution in [3.63, 3.8) is 0 Å². The third-order valence-corrected chi connectivity index (χ3v) is 5.56. The third kappa shape index (κ3) is 4.43. The van der Waals surface area contributed by atoms with Crippen LogP contribution >= 0.6 is 0 Å². The van der Waals surface area contributed by atoms with Gasteiger partial charge in [-0.25, -0.2) is 9.78 Å². The fourth-order valence-electron chi connectivity index (χ4n) is 3.96. The van der Waals surface area contributed by atoms with E-state index >= 15 is 0 Å². The Bertz CT molecular complexity index is 1340. The van der Waals surface area contributed by atoms with Gasteiger partial charge in [-0.1, -0.05) is 18.2 Å². The van der Waals surface area contributed by atoms with Crippen molar-refractivity contribution in [1.29, 1.82) is 0 Å². The van der Waals surface area contributed by atoms with Crippen LogP contribution in [0.4, 0.5) is 11.6 Å². The first kappa shape index (κ1) is 20.7. The second kappa shape index (κ2) is 9.15. The molecule has 9 nitrogen and oxygen atoms in total. The summed E-state index contributed by atoms with van der Waals surface area (Å²) >= 11 is 0. The predicted molar refractivity (Wildman–Crippen MR) is 128 cm³/mol. The van der Waals surface area contributed by atoms with Crippen molar-refractivity contribution in [3.05, 3.63) is 76.9 Å². The number of nitrogens with one attached hydrogen (secondary N) is 2. The Morgan fingerprint density at radius 3 is 2.79 bits per heavy atom. The fraction of sp³-hybridized carbons (Fsp3) is 0.250. The van der Waals surface area contributed by atoms with E-state index in [4.69, 9.17) is 4.74 Å². The molecule has 5 rings (SSSR count). The highest BCUT2D eigenvalue weighted by Crippen LogP contribution is 2.23. The van der Waals surface area contributed by atoms with Gasteiger partial charge in [0.25, 0.3) is 0 Å². The molecule has 0 aliphatic carbocycles. The molecule has 33 heavy (non-hydrogen) atoms. The van der Waals surface area contributed by atoms with Gasteiger partial charge in [0.15, 0.2) is 5.82 Å². The number of hydrogen-bond donors (Lipinski definition) is 2. The number of anilines is 2. The number of ether oxygens (including phenoxy) is 1. The van der Waals surface area contributed by atoms with Crippen LogP contribution in [0, 0.1) is 0 Å². The Hall–Kier alpha value is -4.14. The van der Waals surface area contributed by atoms with Crippen LogP contribution < -0.4 is 20.6 Å². The van der Waals surface area contributed by atoms with Gasteiger partial charge in [0.05, 0.1) is 29.9 Å². The molecule has 4 aromatic rings. The molecule has 0 saturated heterocycles. The van der Waals surface area contributed by atoms with Gasteiger partial charge in [-0.05, 0) is 43.3 Å². The van der Waals surface area contributed by atoms with E-state index < -0.39 is 0 Å². The summed E-state index contributed by atoms with van der Waals surface area (Å²) in [6.07, 6.45) is 2.82. The fourth-order valence-corrected chi connectivity index (χ4v) is 3.96. The zero-order chi connectivity index (χ0) is 22.6. The van der Waals surface area contributed by atoms with E-state index in [0.29, 0.717) is 31.4 Å². The lowest BCUT2D eigenvalue weighted by Crippen LogP contribution is -2.31. The second-order valence-corrected chi connectivity index (χ2v) is 7.70.